The fourth-order valence-corrected chi connectivity index (χ4v) is 2.63. The molecule has 0 bridgehead atoms. The summed E-state index contributed by atoms with van der Waals surface area (Å²) in [5, 5.41) is 0.606. The number of nitrogens with two attached hydrogens (primary N) is 1. The minimum atomic E-state index is -0.459. The number of aromatic nitrogens is 2. The normalized spacial score (nSPS) is 11.1. The molecule has 0 saturated heterocycles. The van der Waals surface area contributed by atoms with E-state index in [-0.39, 0.29) is 5.56 Å². The van der Waals surface area contributed by atoms with Crippen molar-refractivity contribution in [2.75, 3.05) is 0 Å². The number of amides is 1. The predicted molar refractivity (Wildman–Crippen MR) is 94.2 cm³/mol. The highest BCUT2D eigenvalue weighted by molar-refractivity contribution is 5.92. The van der Waals surface area contributed by atoms with Crippen molar-refractivity contribution in [3.05, 3.63) is 75.3 Å². The molecular weight excluding hydrogens is 302 g/mol. The molecule has 5 heteroatoms. The lowest BCUT2D eigenvalue weighted by atomic mass is 10.0. The summed E-state index contributed by atoms with van der Waals surface area (Å²) >= 11 is 0. The molecule has 3 N–H and O–H groups in total. The molecule has 0 spiro atoms. The van der Waals surface area contributed by atoms with Crippen LogP contribution in [0.5, 0.6) is 0 Å². The Hall–Kier alpha value is -2.95. The van der Waals surface area contributed by atoms with Crippen LogP contribution in [0.3, 0.4) is 0 Å². The van der Waals surface area contributed by atoms with Gasteiger partial charge in [-0.1, -0.05) is 32.0 Å². The molecule has 0 unspecified atom stereocenters. The molecule has 0 radical (unpaired) electrons. The Kier molecular flexibility index (Phi) is 4.16. The average molecular weight is 321 g/mol. The minimum absolute atomic E-state index is 0.133. The Bertz CT molecular complexity index is 957. The average Bonchev–Trinajstić information content (AvgIpc) is 2.55. The Balaban J connectivity index is 1.94. The molecule has 0 atom stereocenters. The SMILES string of the molecule is CC(C)c1ccc2nc(Cc3ccc(C(N)=O)cc3)[nH]c(=O)c2c1. The van der Waals surface area contributed by atoms with Crippen LogP contribution in [0.4, 0.5) is 0 Å². The number of fused-ring (bicyclic) bond motifs is 1. The maximum absolute atomic E-state index is 12.4. The first-order valence-corrected chi connectivity index (χ1v) is 7.85. The molecule has 0 saturated carbocycles. The zero-order chi connectivity index (χ0) is 17.3. The van der Waals surface area contributed by atoms with Crippen LogP contribution in [0.2, 0.25) is 0 Å². The molecule has 3 rings (SSSR count). The highest BCUT2D eigenvalue weighted by Crippen LogP contribution is 2.18. The number of nitrogens with one attached hydrogen (secondary N) is 1. The number of benzene rings is 2. The number of primary amides is 1. The molecule has 0 aliphatic carbocycles. The fraction of sp³-hybridized carbons (Fsp3) is 0.211. The Morgan fingerprint density at radius 2 is 1.88 bits per heavy atom. The van der Waals surface area contributed by atoms with E-state index in [2.05, 4.69) is 23.8 Å². The number of nitrogens with zero attached hydrogens (tertiary/aromatic N) is 1. The predicted octanol–water partition coefficient (Wildman–Crippen LogP) is 2.74. The molecule has 5 nitrogen and oxygen atoms in total. The van der Waals surface area contributed by atoms with Crippen molar-refractivity contribution in [2.24, 2.45) is 5.73 Å². The van der Waals surface area contributed by atoms with Gasteiger partial charge in [0.2, 0.25) is 5.91 Å². The van der Waals surface area contributed by atoms with E-state index in [1.54, 1.807) is 12.1 Å². The van der Waals surface area contributed by atoms with Gasteiger partial charge in [-0.15, -0.1) is 0 Å². The second-order valence-electron chi connectivity index (χ2n) is 6.18. The van der Waals surface area contributed by atoms with Crippen LogP contribution in [0.25, 0.3) is 10.9 Å². The van der Waals surface area contributed by atoms with Crippen LogP contribution in [0, 0.1) is 0 Å². The van der Waals surface area contributed by atoms with Crippen molar-refractivity contribution >= 4 is 16.8 Å². The zero-order valence-electron chi connectivity index (χ0n) is 13.7. The van der Waals surface area contributed by atoms with Crippen molar-refractivity contribution in [1.82, 2.24) is 9.97 Å². The largest absolute Gasteiger partial charge is 0.366 e. The quantitative estimate of drug-likeness (QED) is 0.774. The fourth-order valence-electron chi connectivity index (χ4n) is 2.63. The van der Waals surface area contributed by atoms with Crippen molar-refractivity contribution in [3.8, 4) is 0 Å². The first-order chi connectivity index (χ1) is 11.4. The number of H-pyrrole nitrogens is 1. The summed E-state index contributed by atoms with van der Waals surface area (Å²) < 4.78 is 0. The van der Waals surface area contributed by atoms with Crippen LogP contribution >= 0.6 is 0 Å². The summed E-state index contributed by atoms with van der Waals surface area (Å²) in [5.41, 5.74) is 8.31. The van der Waals surface area contributed by atoms with Gasteiger partial charge in [0.25, 0.3) is 5.56 Å². The molecule has 24 heavy (non-hydrogen) atoms. The molecule has 0 fully saturated rings. The van der Waals surface area contributed by atoms with Crippen molar-refractivity contribution in [2.45, 2.75) is 26.2 Å². The number of hydrogen-bond acceptors (Lipinski definition) is 3. The van der Waals surface area contributed by atoms with Crippen molar-refractivity contribution in [3.63, 3.8) is 0 Å². The summed E-state index contributed by atoms with van der Waals surface area (Å²) in [7, 11) is 0. The number of carbonyl (C=O) groups is 1. The van der Waals surface area contributed by atoms with E-state index in [9.17, 15) is 9.59 Å². The van der Waals surface area contributed by atoms with Gasteiger partial charge in [0.1, 0.15) is 5.82 Å². The third-order valence-electron chi connectivity index (χ3n) is 4.06. The summed E-state index contributed by atoms with van der Waals surface area (Å²) in [6.45, 7) is 4.18. The van der Waals surface area contributed by atoms with Gasteiger partial charge in [0.05, 0.1) is 10.9 Å². The molecular formula is C19H19N3O2. The van der Waals surface area contributed by atoms with Crippen LogP contribution in [0.15, 0.2) is 47.3 Å². The minimum Gasteiger partial charge on any atom is -0.366 e. The topological polar surface area (TPSA) is 88.8 Å². The molecule has 1 heterocycles. The van der Waals surface area contributed by atoms with Gasteiger partial charge in [-0.2, -0.15) is 0 Å². The van der Waals surface area contributed by atoms with Crippen molar-refractivity contribution in [1.29, 1.82) is 0 Å². The van der Waals surface area contributed by atoms with E-state index in [0.29, 0.717) is 34.6 Å². The van der Waals surface area contributed by atoms with Crippen LogP contribution < -0.4 is 11.3 Å². The van der Waals surface area contributed by atoms with E-state index in [4.69, 9.17) is 5.73 Å². The number of aromatic amines is 1. The second kappa shape index (κ2) is 6.28. The Morgan fingerprint density at radius 3 is 2.50 bits per heavy atom. The third kappa shape index (κ3) is 3.20. The first kappa shape index (κ1) is 15.9. The van der Waals surface area contributed by atoms with Gasteiger partial charge in [-0.05, 0) is 41.3 Å². The standard InChI is InChI=1S/C19H19N3O2/c1-11(2)14-7-8-16-15(10-14)19(24)22-17(21-16)9-12-3-5-13(6-4-12)18(20)23/h3-8,10-11H,9H2,1-2H3,(H2,20,23)(H,21,22,24). The van der Waals surface area contributed by atoms with Gasteiger partial charge in [0.15, 0.2) is 0 Å². The number of rotatable bonds is 4. The molecule has 2 aromatic carbocycles. The highest BCUT2D eigenvalue weighted by atomic mass is 16.1. The maximum Gasteiger partial charge on any atom is 0.258 e. The van der Waals surface area contributed by atoms with Crippen LogP contribution in [0.1, 0.15) is 47.1 Å². The monoisotopic (exact) mass is 321 g/mol. The number of carbonyl (C=O) groups excluding carboxylic acids is 1. The van der Waals surface area contributed by atoms with Crippen LogP contribution in [-0.4, -0.2) is 15.9 Å². The summed E-state index contributed by atoms with van der Waals surface area (Å²) in [5.74, 6) is 0.494. The molecule has 0 aliphatic rings. The lowest BCUT2D eigenvalue weighted by molar-refractivity contribution is 0.100. The number of hydrogen-bond donors (Lipinski definition) is 2. The molecule has 1 aromatic heterocycles. The first-order valence-electron chi connectivity index (χ1n) is 7.85. The third-order valence-corrected chi connectivity index (χ3v) is 4.06. The van der Waals surface area contributed by atoms with Gasteiger partial charge >= 0.3 is 0 Å². The van der Waals surface area contributed by atoms with E-state index in [0.717, 1.165) is 11.1 Å². The summed E-state index contributed by atoms with van der Waals surface area (Å²) in [6, 6.07) is 12.8. The molecule has 1 amide bonds. The lowest BCUT2D eigenvalue weighted by Gasteiger charge is -2.08. The van der Waals surface area contributed by atoms with Gasteiger partial charge < -0.3 is 10.7 Å². The lowest BCUT2D eigenvalue weighted by Crippen LogP contribution is -2.13. The molecule has 122 valence electrons. The van der Waals surface area contributed by atoms with Gasteiger partial charge in [0, 0.05) is 12.0 Å². The summed E-state index contributed by atoms with van der Waals surface area (Å²) in [4.78, 5) is 30.8. The van der Waals surface area contributed by atoms with E-state index >= 15 is 0 Å². The second-order valence-corrected chi connectivity index (χ2v) is 6.18. The maximum atomic E-state index is 12.4. The Morgan fingerprint density at radius 1 is 1.17 bits per heavy atom. The Labute approximate surface area is 139 Å². The van der Waals surface area contributed by atoms with E-state index in [1.165, 1.54) is 0 Å². The summed E-state index contributed by atoms with van der Waals surface area (Å²) in [6.07, 6.45) is 0.482. The van der Waals surface area contributed by atoms with Crippen molar-refractivity contribution < 1.29 is 4.79 Å². The van der Waals surface area contributed by atoms with Gasteiger partial charge in [-0.3, -0.25) is 9.59 Å². The van der Waals surface area contributed by atoms with Crippen LogP contribution in [-0.2, 0) is 6.42 Å². The van der Waals surface area contributed by atoms with E-state index in [1.807, 2.05) is 30.3 Å². The highest BCUT2D eigenvalue weighted by Gasteiger charge is 2.08. The van der Waals surface area contributed by atoms with E-state index < -0.39 is 5.91 Å². The van der Waals surface area contributed by atoms with Gasteiger partial charge in [-0.25, -0.2) is 4.98 Å². The zero-order valence-corrected chi connectivity index (χ0v) is 13.7. The smallest absolute Gasteiger partial charge is 0.258 e. The molecule has 3 aromatic rings. The molecule has 0 aliphatic heterocycles.